The summed E-state index contributed by atoms with van der Waals surface area (Å²) in [6.45, 7) is 1.88. The number of hydrogen-bond donors (Lipinski definition) is 2. The molecule has 1 atom stereocenters. The smallest absolute Gasteiger partial charge is 0.257 e. The van der Waals surface area contributed by atoms with Crippen LogP contribution in [0.1, 0.15) is 17.2 Å². The summed E-state index contributed by atoms with van der Waals surface area (Å²) >= 11 is 0. The molecule has 0 aliphatic heterocycles. The van der Waals surface area contributed by atoms with Crippen LogP contribution in [0.5, 0.6) is 5.75 Å². The van der Waals surface area contributed by atoms with Crippen molar-refractivity contribution in [2.24, 2.45) is 0 Å². The molecule has 1 amide bonds. The molecular formula is C16H17NO3. The van der Waals surface area contributed by atoms with Crippen LogP contribution in [0.2, 0.25) is 0 Å². The first kappa shape index (κ1) is 14.1. The molecule has 0 saturated heterocycles. The number of aliphatic hydroxyl groups is 1. The Morgan fingerprint density at radius 2 is 1.90 bits per heavy atom. The van der Waals surface area contributed by atoms with Crippen LogP contribution in [-0.4, -0.2) is 18.1 Å². The molecule has 2 rings (SSSR count). The topological polar surface area (TPSA) is 58.6 Å². The number of aryl methyl sites for hydroxylation is 1. The fourth-order valence-electron chi connectivity index (χ4n) is 1.85. The van der Waals surface area contributed by atoms with Crippen molar-refractivity contribution in [2.75, 3.05) is 12.4 Å². The summed E-state index contributed by atoms with van der Waals surface area (Å²) in [5.74, 6) is 0.188. The standard InChI is InChI=1S/C16H17NO3/c1-11-8-9-13(20-2)10-14(11)17-16(19)15(18)12-6-4-3-5-7-12/h3-10,15,18H,1-2H3,(H,17,19). The van der Waals surface area contributed by atoms with E-state index >= 15 is 0 Å². The van der Waals surface area contributed by atoms with E-state index in [0.29, 0.717) is 17.0 Å². The highest BCUT2D eigenvalue weighted by atomic mass is 16.5. The molecule has 20 heavy (non-hydrogen) atoms. The van der Waals surface area contributed by atoms with E-state index in [0.717, 1.165) is 5.56 Å². The average molecular weight is 271 g/mol. The molecule has 0 radical (unpaired) electrons. The summed E-state index contributed by atoms with van der Waals surface area (Å²) in [5, 5.41) is 12.7. The van der Waals surface area contributed by atoms with Crippen molar-refractivity contribution in [1.29, 1.82) is 0 Å². The van der Waals surface area contributed by atoms with Crippen LogP contribution in [-0.2, 0) is 4.79 Å². The summed E-state index contributed by atoms with van der Waals surface area (Å²) in [5.41, 5.74) is 2.09. The molecule has 0 aromatic heterocycles. The van der Waals surface area contributed by atoms with Crippen molar-refractivity contribution in [1.82, 2.24) is 0 Å². The third-order valence-electron chi connectivity index (χ3n) is 3.07. The molecule has 2 aromatic rings. The number of carbonyl (C=O) groups excluding carboxylic acids is 1. The highest BCUT2D eigenvalue weighted by molar-refractivity contribution is 5.95. The predicted octanol–water partition coefficient (Wildman–Crippen LogP) is 2.68. The molecule has 0 saturated carbocycles. The lowest BCUT2D eigenvalue weighted by atomic mass is 10.1. The summed E-state index contributed by atoms with van der Waals surface area (Å²) in [6, 6.07) is 14.2. The minimum atomic E-state index is -1.19. The van der Waals surface area contributed by atoms with E-state index in [9.17, 15) is 9.90 Å². The normalized spacial score (nSPS) is 11.8. The van der Waals surface area contributed by atoms with Crippen molar-refractivity contribution >= 4 is 11.6 Å². The first-order chi connectivity index (χ1) is 9.61. The summed E-state index contributed by atoms with van der Waals surface area (Å²) in [7, 11) is 1.56. The molecule has 4 heteroatoms. The molecule has 104 valence electrons. The van der Waals surface area contributed by atoms with Gasteiger partial charge in [-0.25, -0.2) is 0 Å². The van der Waals surface area contributed by atoms with Crippen LogP contribution in [0.3, 0.4) is 0 Å². The first-order valence-corrected chi connectivity index (χ1v) is 6.30. The fourth-order valence-corrected chi connectivity index (χ4v) is 1.85. The van der Waals surface area contributed by atoms with Crippen LogP contribution < -0.4 is 10.1 Å². The Balaban J connectivity index is 2.15. The van der Waals surface area contributed by atoms with Crippen molar-refractivity contribution < 1.29 is 14.6 Å². The Hall–Kier alpha value is -2.33. The van der Waals surface area contributed by atoms with Gasteiger partial charge in [0.2, 0.25) is 0 Å². The van der Waals surface area contributed by atoms with Gasteiger partial charge in [0.1, 0.15) is 5.75 Å². The second-order valence-corrected chi connectivity index (χ2v) is 4.48. The number of aliphatic hydroxyl groups excluding tert-OH is 1. The maximum Gasteiger partial charge on any atom is 0.257 e. The van der Waals surface area contributed by atoms with E-state index in [-0.39, 0.29) is 0 Å². The summed E-state index contributed by atoms with van der Waals surface area (Å²) < 4.78 is 5.12. The number of ether oxygens (including phenoxy) is 1. The quantitative estimate of drug-likeness (QED) is 0.898. The number of benzene rings is 2. The lowest BCUT2D eigenvalue weighted by molar-refractivity contribution is -0.124. The zero-order chi connectivity index (χ0) is 14.5. The van der Waals surface area contributed by atoms with Crippen LogP contribution in [0.15, 0.2) is 48.5 Å². The van der Waals surface area contributed by atoms with Gasteiger partial charge in [-0.1, -0.05) is 36.4 Å². The second kappa shape index (κ2) is 6.21. The maximum atomic E-state index is 12.1. The summed E-state index contributed by atoms with van der Waals surface area (Å²) in [4.78, 5) is 12.1. The number of amides is 1. The van der Waals surface area contributed by atoms with Gasteiger partial charge >= 0.3 is 0 Å². The number of rotatable bonds is 4. The Morgan fingerprint density at radius 1 is 1.20 bits per heavy atom. The van der Waals surface area contributed by atoms with Crippen molar-refractivity contribution in [2.45, 2.75) is 13.0 Å². The fraction of sp³-hybridized carbons (Fsp3) is 0.188. The molecule has 0 spiro atoms. The van der Waals surface area contributed by atoms with E-state index < -0.39 is 12.0 Å². The van der Waals surface area contributed by atoms with Crippen molar-refractivity contribution in [3.05, 3.63) is 59.7 Å². The molecule has 0 aliphatic rings. The monoisotopic (exact) mass is 271 g/mol. The minimum Gasteiger partial charge on any atom is -0.497 e. The summed E-state index contributed by atoms with van der Waals surface area (Å²) in [6.07, 6.45) is -1.19. The molecule has 0 bridgehead atoms. The largest absolute Gasteiger partial charge is 0.497 e. The highest BCUT2D eigenvalue weighted by Gasteiger charge is 2.17. The van der Waals surface area contributed by atoms with E-state index in [4.69, 9.17) is 4.74 Å². The van der Waals surface area contributed by atoms with E-state index in [1.807, 2.05) is 25.1 Å². The van der Waals surface area contributed by atoms with Crippen LogP contribution in [0, 0.1) is 6.92 Å². The van der Waals surface area contributed by atoms with Gasteiger partial charge in [-0.15, -0.1) is 0 Å². The first-order valence-electron chi connectivity index (χ1n) is 6.30. The minimum absolute atomic E-state index is 0.465. The number of nitrogens with one attached hydrogen (secondary N) is 1. The average Bonchev–Trinajstić information content (AvgIpc) is 2.49. The van der Waals surface area contributed by atoms with E-state index in [1.54, 1.807) is 37.4 Å². The zero-order valence-electron chi connectivity index (χ0n) is 11.5. The molecule has 1 unspecified atom stereocenters. The Kier molecular flexibility index (Phi) is 4.38. The Morgan fingerprint density at radius 3 is 2.55 bits per heavy atom. The van der Waals surface area contributed by atoms with Gasteiger partial charge in [0, 0.05) is 11.8 Å². The Bertz CT molecular complexity index is 596. The van der Waals surface area contributed by atoms with Gasteiger partial charge in [0.15, 0.2) is 6.10 Å². The maximum absolute atomic E-state index is 12.1. The van der Waals surface area contributed by atoms with Crippen LogP contribution in [0.4, 0.5) is 5.69 Å². The predicted molar refractivity (Wildman–Crippen MR) is 77.8 cm³/mol. The van der Waals surface area contributed by atoms with Gasteiger partial charge in [0.25, 0.3) is 5.91 Å². The molecule has 2 aromatic carbocycles. The zero-order valence-corrected chi connectivity index (χ0v) is 11.5. The van der Waals surface area contributed by atoms with Gasteiger partial charge in [-0.05, 0) is 24.1 Å². The highest BCUT2D eigenvalue weighted by Crippen LogP contribution is 2.23. The number of carbonyl (C=O) groups is 1. The van der Waals surface area contributed by atoms with Gasteiger partial charge in [-0.3, -0.25) is 4.79 Å². The number of anilines is 1. The molecule has 0 aliphatic carbocycles. The van der Waals surface area contributed by atoms with Crippen LogP contribution in [0.25, 0.3) is 0 Å². The molecular weight excluding hydrogens is 254 g/mol. The van der Waals surface area contributed by atoms with E-state index in [1.165, 1.54) is 0 Å². The second-order valence-electron chi connectivity index (χ2n) is 4.48. The Labute approximate surface area is 118 Å². The number of methoxy groups -OCH3 is 1. The molecule has 0 heterocycles. The van der Waals surface area contributed by atoms with Crippen LogP contribution >= 0.6 is 0 Å². The molecule has 4 nitrogen and oxygen atoms in total. The van der Waals surface area contributed by atoms with Crippen molar-refractivity contribution in [3.8, 4) is 5.75 Å². The molecule has 2 N–H and O–H groups in total. The molecule has 0 fully saturated rings. The third kappa shape index (κ3) is 3.16. The van der Waals surface area contributed by atoms with Gasteiger partial charge in [0.05, 0.1) is 7.11 Å². The van der Waals surface area contributed by atoms with Crippen molar-refractivity contribution in [3.63, 3.8) is 0 Å². The van der Waals surface area contributed by atoms with E-state index in [2.05, 4.69) is 5.32 Å². The SMILES string of the molecule is COc1ccc(C)c(NC(=O)C(O)c2ccccc2)c1. The number of hydrogen-bond acceptors (Lipinski definition) is 3. The lowest BCUT2D eigenvalue weighted by Crippen LogP contribution is -2.21. The van der Waals surface area contributed by atoms with Gasteiger partial charge < -0.3 is 15.2 Å². The third-order valence-corrected chi connectivity index (χ3v) is 3.07. The van der Waals surface area contributed by atoms with Gasteiger partial charge in [-0.2, -0.15) is 0 Å². The lowest BCUT2D eigenvalue weighted by Gasteiger charge is -2.14.